The largest absolute Gasteiger partial charge is 0.493 e. The lowest BCUT2D eigenvalue weighted by Gasteiger charge is -2.20. The van der Waals surface area contributed by atoms with E-state index in [1.54, 1.807) is 36.4 Å². The van der Waals surface area contributed by atoms with Crippen molar-refractivity contribution in [1.29, 1.82) is 0 Å². The van der Waals surface area contributed by atoms with Gasteiger partial charge < -0.3 is 14.2 Å². The molecule has 1 unspecified atom stereocenters. The van der Waals surface area contributed by atoms with Gasteiger partial charge in [-0.05, 0) is 54.1 Å². The third-order valence-corrected chi connectivity index (χ3v) is 4.19. The van der Waals surface area contributed by atoms with Crippen LogP contribution in [0.15, 0.2) is 78.9 Å². The minimum atomic E-state index is -4.49. The maximum Gasteiger partial charge on any atom is 0.397 e. The van der Waals surface area contributed by atoms with E-state index in [-0.39, 0.29) is 12.4 Å². The molecule has 0 aliphatic carbocycles. The first kappa shape index (κ1) is 21.6. The number of alkyl halides is 3. The molecule has 7 heteroatoms. The van der Waals surface area contributed by atoms with Gasteiger partial charge in [-0.25, -0.2) is 4.39 Å². The van der Waals surface area contributed by atoms with Crippen LogP contribution in [0.25, 0.3) is 0 Å². The average Bonchev–Trinajstić information content (AvgIpc) is 2.72. The molecule has 0 radical (unpaired) electrons. The van der Waals surface area contributed by atoms with Crippen LogP contribution in [0.4, 0.5) is 17.6 Å². The Labute approximate surface area is 171 Å². The normalized spacial score (nSPS) is 12.4. The predicted octanol–water partition coefficient (Wildman–Crippen LogP) is 6.39. The molecule has 3 rings (SSSR count). The summed E-state index contributed by atoms with van der Waals surface area (Å²) >= 11 is 0. The maximum absolute atomic E-state index is 13.3. The smallest absolute Gasteiger partial charge is 0.397 e. The lowest BCUT2D eigenvalue weighted by molar-refractivity contribution is -0.196. The van der Waals surface area contributed by atoms with Gasteiger partial charge in [-0.2, -0.15) is 13.2 Å². The van der Waals surface area contributed by atoms with Gasteiger partial charge in [0, 0.05) is 0 Å². The van der Waals surface area contributed by atoms with Gasteiger partial charge >= 0.3 is 6.18 Å². The first-order valence-electron chi connectivity index (χ1n) is 9.25. The van der Waals surface area contributed by atoms with Gasteiger partial charge in [-0.15, -0.1) is 0 Å². The molecular formula is C23H20F4O3. The molecule has 3 nitrogen and oxygen atoms in total. The summed E-state index contributed by atoms with van der Waals surface area (Å²) in [5.74, 6) is -0.917. The Morgan fingerprint density at radius 2 is 1.43 bits per heavy atom. The zero-order valence-electron chi connectivity index (χ0n) is 15.9. The minimum Gasteiger partial charge on any atom is -0.493 e. The summed E-state index contributed by atoms with van der Waals surface area (Å²) in [4.78, 5) is 0. The lowest BCUT2D eigenvalue weighted by atomic mass is 10.1. The highest BCUT2D eigenvalue weighted by molar-refractivity contribution is 5.33. The number of para-hydroxylation sites is 1. The quantitative estimate of drug-likeness (QED) is 0.375. The third-order valence-electron chi connectivity index (χ3n) is 4.19. The third kappa shape index (κ3) is 6.77. The second-order valence-corrected chi connectivity index (χ2v) is 6.58. The van der Waals surface area contributed by atoms with E-state index in [2.05, 4.69) is 0 Å². The number of ether oxygens (including phenoxy) is 3. The van der Waals surface area contributed by atoms with Gasteiger partial charge in [0.25, 0.3) is 0 Å². The first-order chi connectivity index (χ1) is 14.4. The molecule has 3 aromatic carbocycles. The van der Waals surface area contributed by atoms with E-state index in [0.717, 1.165) is 12.1 Å². The standard InChI is InChI=1S/C23H20F4O3/c24-19-9-11-20(12-10-19)29-16-18(23(25,26)27)15-28-14-17-5-4-8-22(13-17)30-21-6-2-1-3-7-21/h1-13,18H,14-16H2. The van der Waals surface area contributed by atoms with Crippen molar-refractivity contribution in [2.75, 3.05) is 13.2 Å². The summed E-state index contributed by atoms with van der Waals surface area (Å²) < 4.78 is 68.9. The topological polar surface area (TPSA) is 27.7 Å². The van der Waals surface area contributed by atoms with E-state index in [1.165, 1.54) is 12.1 Å². The number of hydrogen-bond acceptors (Lipinski definition) is 3. The molecule has 0 saturated carbocycles. The molecule has 3 aromatic rings. The molecule has 0 aliphatic rings. The highest BCUT2D eigenvalue weighted by atomic mass is 19.4. The molecule has 0 N–H and O–H groups in total. The maximum atomic E-state index is 13.3. The lowest BCUT2D eigenvalue weighted by Crippen LogP contribution is -2.32. The summed E-state index contributed by atoms with van der Waals surface area (Å²) in [5.41, 5.74) is 0.684. The highest BCUT2D eigenvalue weighted by Crippen LogP contribution is 2.28. The first-order valence-corrected chi connectivity index (χ1v) is 9.25. The Bertz CT molecular complexity index is 912. The predicted molar refractivity (Wildman–Crippen MR) is 104 cm³/mol. The monoisotopic (exact) mass is 420 g/mol. The number of benzene rings is 3. The van der Waals surface area contributed by atoms with Crippen LogP contribution in [0.1, 0.15) is 5.56 Å². The molecule has 0 spiro atoms. The molecule has 1 atom stereocenters. The molecule has 0 heterocycles. The number of rotatable bonds is 9. The zero-order valence-corrected chi connectivity index (χ0v) is 15.9. The summed E-state index contributed by atoms with van der Waals surface area (Å²) in [7, 11) is 0. The van der Waals surface area contributed by atoms with Crippen molar-refractivity contribution in [2.45, 2.75) is 12.8 Å². The van der Waals surface area contributed by atoms with Gasteiger partial charge in [0.1, 0.15) is 35.6 Å². The van der Waals surface area contributed by atoms with Crippen molar-refractivity contribution < 1.29 is 31.8 Å². The van der Waals surface area contributed by atoms with Crippen molar-refractivity contribution in [1.82, 2.24) is 0 Å². The fraction of sp³-hybridized carbons (Fsp3) is 0.217. The van der Waals surface area contributed by atoms with Crippen LogP contribution in [-0.2, 0) is 11.3 Å². The molecule has 0 aliphatic heterocycles. The summed E-state index contributed by atoms with van der Waals surface area (Å²) in [5, 5.41) is 0. The molecule has 30 heavy (non-hydrogen) atoms. The van der Waals surface area contributed by atoms with Crippen molar-refractivity contribution in [3.05, 3.63) is 90.2 Å². The summed E-state index contributed by atoms with van der Waals surface area (Å²) in [6.45, 7) is -1.18. The molecule has 0 saturated heterocycles. The van der Waals surface area contributed by atoms with Gasteiger partial charge in [0.2, 0.25) is 0 Å². The van der Waals surface area contributed by atoms with E-state index < -0.39 is 31.1 Å². The van der Waals surface area contributed by atoms with Crippen molar-refractivity contribution in [3.63, 3.8) is 0 Å². The van der Waals surface area contributed by atoms with E-state index in [9.17, 15) is 17.6 Å². The summed E-state index contributed by atoms with van der Waals surface area (Å²) in [6, 6.07) is 20.9. The SMILES string of the molecule is Fc1ccc(OCC(COCc2cccc(Oc3ccccc3)c2)C(F)(F)F)cc1. The average molecular weight is 420 g/mol. The zero-order chi connectivity index (χ0) is 21.4. The van der Waals surface area contributed by atoms with Crippen molar-refractivity contribution in [2.24, 2.45) is 5.92 Å². The Morgan fingerprint density at radius 1 is 0.733 bits per heavy atom. The van der Waals surface area contributed by atoms with E-state index in [1.807, 2.05) is 18.2 Å². The van der Waals surface area contributed by atoms with Crippen LogP contribution in [0.2, 0.25) is 0 Å². The van der Waals surface area contributed by atoms with Gasteiger partial charge in [-0.1, -0.05) is 30.3 Å². The molecular weight excluding hydrogens is 400 g/mol. The molecule has 0 aromatic heterocycles. The van der Waals surface area contributed by atoms with Gasteiger partial charge in [0.15, 0.2) is 0 Å². The van der Waals surface area contributed by atoms with E-state index >= 15 is 0 Å². The van der Waals surface area contributed by atoms with E-state index in [0.29, 0.717) is 17.1 Å². The Morgan fingerprint density at radius 3 is 2.13 bits per heavy atom. The van der Waals surface area contributed by atoms with Crippen LogP contribution in [0.5, 0.6) is 17.2 Å². The molecule has 0 bridgehead atoms. The van der Waals surface area contributed by atoms with Crippen LogP contribution in [0, 0.1) is 11.7 Å². The number of halogens is 4. The number of hydrogen-bond donors (Lipinski definition) is 0. The molecule has 158 valence electrons. The summed E-state index contributed by atoms with van der Waals surface area (Å²) in [6.07, 6.45) is -4.49. The van der Waals surface area contributed by atoms with Crippen LogP contribution >= 0.6 is 0 Å². The van der Waals surface area contributed by atoms with Gasteiger partial charge in [-0.3, -0.25) is 0 Å². The van der Waals surface area contributed by atoms with E-state index in [4.69, 9.17) is 14.2 Å². The minimum absolute atomic E-state index is 0.00484. The Hall–Kier alpha value is -3.06. The van der Waals surface area contributed by atoms with Crippen molar-refractivity contribution in [3.8, 4) is 17.2 Å². The Balaban J connectivity index is 1.53. The molecule has 0 fully saturated rings. The van der Waals surface area contributed by atoms with Gasteiger partial charge in [0.05, 0.1) is 13.2 Å². The Kier molecular flexibility index (Phi) is 7.30. The second kappa shape index (κ2) is 10.1. The second-order valence-electron chi connectivity index (χ2n) is 6.58. The fourth-order valence-corrected chi connectivity index (χ4v) is 2.61. The van der Waals surface area contributed by atoms with Crippen LogP contribution < -0.4 is 9.47 Å². The molecule has 0 amide bonds. The van der Waals surface area contributed by atoms with Crippen LogP contribution in [0.3, 0.4) is 0 Å². The van der Waals surface area contributed by atoms with Crippen LogP contribution in [-0.4, -0.2) is 19.4 Å². The fourth-order valence-electron chi connectivity index (χ4n) is 2.61. The highest BCUT2D eigenvalue weighted by Gasteiger charge is 2.40. The van der Waals surface area contributed by atoms with Crippen molar-refractivity contribution >= 4 is 0 Å².